The number of hydrogen-bond acceptors (Lipinski definition) is 4. The number of piperidine rings is 1. The summed E-state index contributed by atoms with van der Waals surface area (Å²) in [5.41, 5.74) is 0.170. The monoisotopic (exact) mass is 388 g/mol. The van der Waals surface area contributed by atoms with Gasteiger partial charge in [0, 0.05) is 29.9 Å². The van der Waals surface area contributed by atoms with Gasteiger partial charge in [-0.3, -0.25) is 4.79 Å². The second kappa shape index (κ2) is 8.28. The third-order valence-electron chi connectivity index (χ3n) is 4.81. The van der Waals surface area contributed by atoms with Crippen molar-refractivity contribution in [1.29, 1.82) is 0 Å². The molecule has 0 bridgehead atoms. The standard InChI is InChI=1S/C21H25ClN2O3/c1-15(2)14-27-19-16(6-5-11-23-19)20(25)24-12-9-21(26,10-13-24)17-7-3-4-8-18(17)22/h3-8,11,15,26H,9-10,12-14H2,1-2H3. The second-order valence-electron chi connectivity index (χ2n) is 7.36. The van der Waals surface area contributed by atoms with Crippen molar-refractivity contribution < 1.29 is 14.6 Å². The van der Waals surface area contributed by atoms with Gasteiger partial charge in [0.05, 0.1) is 12.2 Å². The fraction of sp³-hybridized carbons (Fsp3) is 0.429. The molecule has 0 saturated carbocycles. The van der Waals surface area contributed by atoms with Crippen LogP contribution >= 0.6 is 11.6 Å². The highest BCUT2D eigenvalue weighted by Crippen LogP contribution is 2.37. The normalized spacial score (nSPS) is 16.4. The number of pyridine rings is 1. The topological polar surface area (TPSA) is 62.7 Å². The molecule has 1 aliphatic rings. The zero-order chi connectivity index (χ0) is 19.4. The fourth-order valence-electron chi connectivity index (χ4n) is 3.27. The van der Waals surface area contributed by atoms with Gasteiger partial charge in [-0.25, -0.2) is 4.98 Å². The lowest BCUT2D eigenvalue weighted by Crippen LogP contribution is -2.45. The van der Waals surface area contributed by atoms with Gasteiger partial charge in [0.1, 0.15) is 5.56 Å². The van der Waals surface area contributed by atoms with E-state index in [2.05, 4.69) is 4.98 Å². The van der Waals surface area contributed by atoms with Gasteiger partial charge in [0.2, 0.25) is 5.88 Å². The van der Waals surface area contributed by atoms with Crippen molar-refractivity contribution >= 4 is 17.5 Å². The zero-order valence-corrected chi connectivity index (χ0v) is 16.4. The average molecular weight is 389 g/mol. The minimum absolute atomic E-state index is 0.122. The van der Waals surface area contributed by atoms with Gasteiger partial charge in [0.15, 0.2) is 0 Å². The van der Waals surface area contributed by atoms with Crippen LogP contribution in [0, 0.1) is 5.92 Å². The Morgan fingerprint density at radius 1 is 1.26 bits per heavy atom. The molecule has 2 heterocycles. The van der Waals surface area contributed by atoms with Gasteiger partial charge in [0.25, 0.3) is 5.91 Å². The zero-order valence-electron chi connectivity index (χ0n) is 15.7. The number of carbonyl (C=O) groups is 1. The first-order chi connectivity index (χ1) is 12.9. The Bertz CT molecular complexity index is 802. The summed E-state index contributed by atoms with van der Waals surface area (Å²) in [6, 6.07) is 10.8. The van der Waals surface area contributed by atoms with Gasteiger partial charge in [-0.05, 0) is 37.0 Å². The Balaban J connectivity index is 1.72. The molecule has 0 aliphatic carbocycles. The molecule has 6 heteroatoms. The van der Waals surface area contributed by atoms with Gasteiger partial charge in [-0.1, -0.05) is 43.6 Å². The highest BCUT2D eigenvalue weighted by Gasteiger charge is 2.37. The molecule has 0 unspecified atom stereocenters. The molecule has 1 N–H and O–H groups in total. The maximum Gasteiger partial charge on any atom is 0.259 e. The van der Waals surface area contributed by atoms with Crippen LogP contribution in [0.5, 0.6) is 5.88 Å². The number of benzene rings is 1. The number of likely N-dealkylation sites (tertiary alicyclic amines) is 1. The molecule has 144 valence electrons. The van der Waals surface area contributed by atoms with E-state index in [4.69, 9.17) is 16.3 Å². The van der Waals surface area contributed by atoms with Crippen LogP contribution in [-0.2, 0) is 5.60 Å². The Kier molecular flexibility index (Phi) is 6.02. The minimum atomic E-state index is -1.01. The minimum Gasteiger partial charge on any atom is -0.477 e. The molecule has 27 heavy (non-hydrogen) atoms. The van der Waals surface area contributed by atoms with E-state index in [0.29, 0.717) is 54.9 Å². The molecular formula is C21H25ClN2O3. The summed E-state index contributed by atoms with van der Waals surface area (Å²) in [5, 5.41) is 11.6. The number of carbonyl (C=O) groups excluding carboxylic acids is 1. The van der Waals surface area contributed by atoms with Crippen LogP contribution in [0.4, 0.5) is 0 Å². The quantitative estimate of drug-likeness (QED) is 0.843. The summed E-state index contributed by atoms with van der Waals surface area (Å²) in [5.74, 6) is 0.585. The Labute approximate surface area is 164 Å². The molecule has 0 radical (unpaired) electrons. The third kappa shape index (κ3) is 4.42. The largest absolute Gasteiger partial charge is 0.477 e. The van der Waals surface area contributed by atoms with E-state index in [1.54, 1.807) is 29.3 Å². The lowest BCUT2D eigenvalue weighted by Gasteiger charge is -2.39. The molecule has 1 amide bonds. The highest BCUT2D eigenvalue weighted by atomic mass is 35.5. The van der Waals surface area contributed by atoms with Crippen LogP contribution < -0.4 is 4.74 Å². The molecule has 3 rings (SSSR count). The van der Waals surface area contributed by atoms with E-state index in [-0.39, 0.29) is 5.91 Å². The van der Waals surface area contributed by atoms with E-state index >= 15 is 0 Å². The molecule has 2 aromatic rings. The van der Waals surface area contributed by atoms with Crippen LogP contribution in [0.3, 0.4) is 0 Å². The summed E-state index contributed by atoms with van der Waals surface area (Å²) < 4.78 is 5.71. The third-order valence-corrected chi connectivity index (χ3v) is 5.14. The lowest BCUT2D eigenvalue weighted by atomic mass is 9.84. The first-order valence-electron chi connectivity index (χ1n) is 9.25. The van der Waals surface area contributed by atoms with Crippen molar-refractivity contribution in [2.75, 3.05) is 19.7 Å². The van der Waals surface area contributed by atoms with Gasteiger partial charge in [-0.15, -0.1) is 0 Å². The van der Waals surface area contributed by atoms with Gasteiger partial charge in [-0.2, -0.15) is 0 Å². The number of hydrogen-bond donors (Lipinski definition) is 1. The smallest absolute Gasteiger partial charge is 0.259 e. The number of aliphatic hydroxyl groups is 1. The van der Waals surface area contributed by atoms with E-state index in [9.17, 15) is 9.90 Å². The first-order valence-corrected chi connectivity index (χ1v) is 9.63. The molecule has 1 fully saturated rings. The molecule has 5 nitrogen and oxygen atoms in total. The van der Waals surface area contributed by atoms with E-state index in [1.165, 1.54) is 0 Å². The van der Waals surface area contributed by atoms with E-state index in [1.807, 2.05) is 32.0 Å². The molecular weight excluding hydrogens is 364 g/mol. The van der Waals surface area contributed by atoms with Gasteiger partial charge < -0.3 is 14.7 Å². The number of ether oxygens (including phenoxy) is 1. The van der Waals surface area contributed by atoms with Crippen molar-refractivity contribution in [1.82, 2.24) is 9.88 Å². The average Bonchev–Trinajstić information content (AvgIpc) is 2.67. The molecule has 1 aromatic heterocycles. The fourth-order valence-corrected chi connectivity index (χ4v) is 3.58. The summed E-state index contributed by atoms with van der Waals surface area (Å²) in [4.78, 5) is 18.9. The van der Waals surface area contributed by atoms with Crippen LogP contribution in [0.25, 0.3) is 0 Å². The van der Waals surface area contributed by atoms with Crippen LogP contribution in [0.1, 0.15) is 42.6 Å². The first kappa shape index (κ1) is 19.6. The maximum atomic E-state index is 13.0. The van der Waals surface area contributed by atoms with Crippen molar-refractivity contribution in [3.63, 3.8) is 0 Å². The Morgan fingerprint density at radius 2 is 1.96 bits per heavy atom. The molecule has 0 atom stereocenters. The van der Waals surface area contributed by atoms with E-state index < -0.39 is 5.60 Å². The second-order valence-corrected chi connectivity index (χ2v) is 7.77. The number of amides is 1. The number of nitrogens with zero attached hydrogens (tertiary/aromatic N) is 2. The number of aromatic nitrogens is 1. The molecule has 1 aliphatic heterocycles. The van der Waals surface area contributed by atoms with Crippen LogP contribution in [-0.4, -0.2) is 40.6 Å². The summed E-state index contributed by atoms with van der Waals surface area (Å²) in [6.07, 6.45) is 2.49. The predicted molar refractivity (Wildman–Crippen MR) is 105 cm³/mol. The van der Waals surface area contributed by atoms with Gasteiger partial charge >= 0.3 is 0 Å². The Morgan fingerprint density at radius 3 is 2.63 bits per heavy atom. The Hall–Kier alpha value is -2.11. The van der Waals surface area contributed by atoms with Crippen molar-refractivity contribution in [2.24, 2.45) is 5.92 Å². The predicted octanol–water partition coefficient (Wildman–Crippen LogP) is 3.89. The number of halogens is 1. The van der Waals surface area contributed by atoms with Crippen LogP contribution in [0.15, 0.2) is 42.6 Å². The molecule has 1 aromatic carbocycles. The summed E-state index contributed by atoms with van der Waals surface area (Å²) in [6.45, 7) is 5.48. The van der Waals surface area contributed by atoms with Crippen LogP contribution in [0.2, 0.25) is 5.02 Å². The van der Waals surface area contributed by atoms with Crippen molar-refractivity contribution in [2.45, 2.75) is 32.3 Å². The maximum absolute atomic E-state index is 13.0. The highest BCUT2D eigenvalue weighted by molar-refractivity contribution is 6.31. The van der Waals surface area contributed by atoms with Crippen molar-refractivity contribution in [3.8, 4) is 5.88 Å². The number of rotatable bonds is 5. The summed E-state index contributed by atoms with van der Waals surface area (Å²) >= 11 is 6.26. The lowest BCUT2D eigenvalue weighted by molar-refractivity contribution is -0.0211. The van der Waals surface area contributed by atoms with Crippen molar-refractivity contribution in [3.05, 3.63) is 58.7 Å². The molecule has 1 saturated heterocycles. The SMILES string of the molecule is CC(C)COc1ncccc1C(=O)N1CCC(O)(c2ccccc2Cl)CC1. The van der Waals surface area contributed by atoms with E-state index in [0.717, 1.165) is 5.56 Å². The summed E-state index contributed by atoms with van der Waals surface area (Å²) in [7, 11) is 0. The molecule has 0 spiro atoms.